The van der Waals surface area contributed by atoms with Gasteiger partial charge in [-0.25, -0.2) is 0 Å². The maximum Gasteiger partial charge on any atom is 0.0593 e. The fourth-order valence-electron chi connectivity index (χ4n) is 2.14. The van der Waals surface area contributed by atoms with E-state index in [1.165, 1.54) is 12.8 Å². The Morgan fingerprint density at radius 2 is 1.94 bits per heavy atom. The highest BCUT2D eigenvalue weighted by Gasteiger charge is 2.21. The summed E-state index contributed by atoms with van der Waals surface area (Å²) >= 11 is 0. The molecule has 0 heterocycles. The van der Waals surface area contributed by atoms with Crippen molar-refractivity contribution in [2.45, 2.75) is 52.5 Å². The van der Waals surface area contributed by atoms with Crippen molar-refractivity contribution in [3.63, 3.8) is 0 Å². The van der Waals surface area contributed by atoms with Gasteiger partial charge in [0, 0.05) is 19.2 Å². The third kappa shape index (κ3) is 8.90. The van der Waals surface area contributed by atoms with Crippen LogP contribution in [-0.4, -0.2) is 44.3 Å². The first-order valence-corrected chi connectivity index (χ1v) is 7.39. The summed E-state index contributed by atoms with van der Waals surface area (Å²) in [5, 5.41) is 0. The number of hydrogen-bond acceptors (Lipinski definition) is 3. The van der Waals surface area contributed by atoms with E-state index in [0.29, 0.717) is 11.5 Å². The summed E-state index contributed by atoms with van der Waals surface area (Å²) in [7, 11) is 2.16. The van der Waals surface area contributed by atoms with E-state index in [4.69, 9.17) is 10.5 Å². The Labute approximate surface area is 113 Å². The van der Waals surface area contributed by atoms with Gasteiger partial charge in [-0.3, -0.25) is 0 Å². The van der Waals surface area contributed by atoms with Crippen LogP contribution < -0.4 is 5.73 Å². The number of hydrogen-bond donors (Lipinski definition) is 1. The highest BCUT2D eigenvalue weighted by molar-refractivity contribution is 4.73. The van der Waals surface area contributed by atoms with Gasteiger partial charge < -0.3 is 15.4 Å². The predicted octanol–water partition coefficient (Wildman–Crippen LogP) is 2.50. The molecule has 1 aliphatic carbocycles. The van der Waals surface area contributed by atoms with Gasteiger partial charge in [-0.05, 0) is 50.6 Å². The summed E-state index contributed by atoms with van der Waals surface area (Å²) in [5.41, 5.74) is 6.49. The molecule has 0 aromatic carbocycles. The summed E-state index contributed by atoms with van der Waals surface area (Å²) in [4.78, 5) is 2.33. The lowest BCUT2D eigenvalue weighted by Crippen LogP contribution is -2.32. The third-order valence-corrected chi connectivity index (χ3v) is 3.42. The highest BCUT2D eigenvalue weighted by Crippen LogP contribution is 2.28. The van der Waals surface area contributed by atoms with Crippen molar-refractivity contribution < 1.29 is 4.74 Å². The molecule has 0 radical (unpaired) electrons. The number of nitrogens with two attached hydrogens (primary N) is 1. The lowest BCUT2D eigenvalue weighted by Gasteiger charge is -2.25. The molecular weight excluding hydrogens is 224 g/mol. The summed E-state index contributed by atoms with van der Waals surface area (Å²) in [6, 6.07) is 0.319. The second-order valence-corrected chi connectivity index (χ2v) is 7.14. The first-order valence-electron chi connectivity index (χ1n) is 7.39. The van der Waals surface area contributed by atoms with Crippen LogP contribution in [0.5, 0.6) is 0 Å². The van der Waals surface area contributed by atoms with Gasteiger partial charge in [0.1, 0.15) is 0 Å². The zero-order chi connectivity index (χ0) is 13.6. The van der Waals surface area contributed by atoms with E-state index in [9.17, 15) is 0 Å². The van der Waals surface area contributed by atoms with Crippen LogP contribution in [0.1, 0.15) is 46.5 Å². The minimum atomic E-state index is 0.319. The third-order valence-electron chi connectivity index (χ3n) is 3.42. The molecule has 0 bridgehead atoms. The molecule has 3 nitrogen and oxygen atoms in total. The summed E-state index contributed by atoms with van der Waals surface area (Å²) in [6.07, 6.45) is 4.92. The second kappa shape index (κ2) is 7.46. The normalized spacial score (nSPS) is 18.3. The fraction of sp³-hybridized carbons (Fsp3) is 1.00. The Kier molecular flexibility index (Phi) is 6.61. The molecule has 1 fully saturated rings. The average Bonchev–Trinajstić information content (AvgIpc) is 3.03. The highest BCUT2D eigenvalue weighted by atomic mass is 16.5. The van der Waals surface area contributed by atoms with Gasteiger partial charge in [0.05, 0.1) is 6.61 Å². The molecular formula is C15H32N2O. The summed E-state index contributed by atoms with van der Waals surface area (Å²) in [6.45, 7) is 10.7. The minimum absolute atomic E-state index is 0.319. The zero-order valence-electron chi connectivity index (χ0n) is 12.7. The van der Waals surface area contributed by atoms with Crippen molar-refractivity contribution >= 4 is 0 Å². The number of ether oxygens (including phenoxy) is 1. The maximum absolute atomic E-state index is 6.15. The van der Waals surface area contributed by atoms with E-state index < -0.39 is 0 Å². The van der Waals surface area contributed by atoms with Crippen LogP contribution >= 0.6 is 0 Å². The van der Waals surface area contributed by atoms with Crippen LogP contribution in [0, 0.1) is 11.3 Å². The van der Waals surface area contributed by atoms with E-state index in [1.54, 1.807) is 0 Å². The van der Waals surface area contributed by atoms with Crippen molar-refractivity contribution in [3.8, 4) is 0 Å². The molecule has 1 unspecified atom stereocenters. The molecule has 0 spiro atoms. The van der Waals surface area contributed by atoms with Crippen molar-refractivity contribution in [1.82, 2.24) is 4.90 Å². The Hall–Kier alpha value is -0.120. The lowest BCUT2D eigenvalue weighted by molar-refractivity contribution is 0.102. The molecule has 1 saturated carbocycles. The Morgan fingerprint density at radius 3 is 2.50 bits per heavy atom. The summed E-state index contributed by atoms with van der Waals surface area (Å²) < 4.78 is 5.64. The predicted molar refractivity (Wildman–Crippen MR) is 77.7 cm³/mol. The number of rotatable bonds is 9. The SMILES string of the molecule is CN(CCOCC1CC1)CCC(N)CC(C)(C)C. The zero-order valence-corrected chi connectivity index (χ0v) is 12.7. The van der Waals surface area contributed by atoms with Gasteiger partial charge in [0.25, 0.3) is 0 Å². The number of nitrogens with zero attached hydrogens (tertiary/aromatic N) is 1. The molecule has 1 atom stereocenters. The monoisotopic (exact) mass is 256 g/mol. The maximum atomic E-state index is 6.15. The molecule has 0 saturated heterocycles. The molecule has 1 aliphatic rings. The molecule has 0 aliphatic heterocycles. The second-order valence-electron chi connectivity index (χ2n) is 7.14. The van der Waals surface area contributed by atoms with Crippen molar-refractivity contribution in [2.75, 3.05) is 33.4 Å². The van der Waals surface area contributed by atoms with Gasteiger partial charge in [0.15, 0.2) is 0 Å². The van der Waals surface area contributed by atoms with Crippen LogP contribution in [0.2, 0.25) is 0 Å². The molecule has 108 valence electrons. The van der Waals surface area contributed by atoms with Gasteiger partial charge in [-0.15, -0.1) is 0 Å². The van der Waals surface area contributed by atoms with Crippen molar-refractivity contribution in [1.29, 1.82) is 0 Å². The van der Waals surface area contributed by atoms with Crippen LogP contribution in [0.4, 0.5) is 0 Å². The van der Waals surface area contributed by atoms with Crippen molar-refractivity contribution in [2.24, 2.45) is 17.1 Å². The van der Waals surface area contributed by atoms with E-state index in [-0.39, 0.29) is 0 Å². The topological polar surface area (TPSA) is 38.5 Å². The van der Waals surface area contributed by atoms with Gasteiger partial charge >= 0.3 is 0 Å². The van der Waals surface area contributed by atoms with Crippen LogP contribution in [0.25, 0.3) is 0 Å². The minimum Gasteiger partial charge on any atom is -0.380 e. The fourth-order valence-corrected chi connectivity index (χ4v) is 2.14. The van der Waals surface area contributed by atoms with Crippen molar-refractivity contribution in [3.05, 3.63) is 0 Å². The Balaban J connectivity index is 1.95. The molecule has 0 aromatic heterocycles. The van der Waals surface area contributed by atoms with E-state index in [1.807, 2.05) is 0 Å². The Bertz CT molecular complexity index is 221. The molecule has 0 amide bonds. The van der Waals surface area contributed by atoms with Crippen LogP contribution in [0.3, 0.4) is 0 Å². The van der Waals surface area contributed by atoms with Crippen LogP contribution in [-0.2, 0) is 4.74 Å². The smallest absolute Gasteiger partial charge is 0.0593 e. The molecule has 18 heavy (non-hydrogen) atoms. The quantitative estimate of drug-likeness (QED) is 0.644. The lowest BCUT2D eigenvalue weighted by atomic mass is 9.87. The Morgan fingerprint density at radius 1 is 1.28 bits per heavy atom. The largest absolute Gasteiger partial charge is 0.380 e. The first kappa shape index (κ1) is 15.9. The molecule has 0 aromatic rings. The molecule has 2 N–H and O–H groups in total. The van der Waals surface area contributed by atoms with Gasteiger partial charge in [-0.1, -0.05) is 20.8 Å². The van der Waals surface area contributed by atoms with E-state index in [2.05, 4.69) is 32.7 Å². The number of likely N-dealkylation sites (N-methyl/N-ethyl adjacent to an activating group) is 1. The van der Waals surface area contributed by atoms with Gasteiger partial charge in [0.2, 0.25) is 0 Å². The molecule has 3 heteroatoms. The standard InChI is InChI=1S/C15H32N2O/c1-15(2,3)11-14(16)7-8-17(4)9-10-18-12-13-5-6-13/h13-14H,5-12,16H2,1-4H3. The average molecular weight is 256 g/mol. The first-order chi connectivity index (χ1) is 8.37. The van der Waals surface area contributed by atoms with Gasteiger partial charge in [-0.2, -0.15) is 0 Å². The molecule has 1 rings (SSSR count). The van der Waals surface area contributed by atoms with E-state index in [0.717, 1.165) is 45.1 Å². The van der Waals surface area contributed by atoms with E-state index >= 15 is 0 Å². The summed E-state index contributed by atoms with van der Waals surface area (Å²) in [5.74, 6) is 0.871. The van der Waals surface area contributed by atoms with Crippen LogP contribution in [0.15, 0.2) is 0 Å².